The Labute approximate surface area is 187 Å². The van der Waals surface area contributed by atoms with Gasteiger partial charge in [0.05, 0.1) is 0 Å². The van der Waals surface area contributed by atoms with E-state index in [4.69, 9.17) is 21.5 Å². The van der Waals surface area contributed by atoms with Crippen molar-refractivity contribution in [2.75, 3.05) is 6.54 Å². The van der Waals surface area contributed by atoms with Crippen LogP contribution in [0.3, 0.4) is 0 Å². The molecule has 3 rings (SSSR count). The molecule has 0 aliphatic carbocycles. The first-order chi connectivity index (χ1) is 14.8. The maximum absolute atomic E-state index is 11.8. The third-order valence-corrected chi connectivity index (χ3v) is 5.19. The van der Waals surface area contributed by atoms with Gasteiger partial charge in [0.25, 0.3) is 5.97 Å². The number of carboxylic acid groups (broad SMARTS) is 1. The number of benzene rings is 2. The van der Waals surface area contributed by atoms with Gasteiger partial charge in [-0.3, -0.25) is 9.59 Å². The number of rotatable bonds is 5. The van der Waals surface area contributed by atoms with E-state index in [1.807, 2.05) is 54.6 Å². The Hall–Kier alpha value is -3.08. The highest BCUT2D eigenvalue weighted by molar-refractivity contribution is 6.30. The standard InChI is InChI=1S/C22H23ClN2O2.C2H4O2/c1-16(27)24-20-11-12-25(22(15-26)18-5-3-2-4-6-18)21(14-20)13-17-7-9-19(23)10-8-17;1-2(3)4/h2-10,20-21H,11-14H2,1H3,(H,24,27);1H3,(H,3,4). The van der Waals surface area contributed by atoms with Gasteiger partial charge in [-0.15, -0.1) is 0 Å². The van der Waals surface area contributed by atoms with Crippen LogP contribution < -0.4 is 5.32 Å². The molecule has 0 aromatic heterocycles. The van der Waals surface area contributed by atoms with Crippen molar-refractivity contribution < 1.29 is 19.5 Å². The number of carbonyl (C=O) groups is 2. The third kappa shape index (κ3) is 7.93. The number of aliphatic carboxylic acids is 1. The van der Waals surface area contributed by atoms with Crippen molar-refractivity contribution in [3.8, 4) is 0 Å². The Kier molecular flexibility index (Phi) is 9.32. The molecule has 1 amide bonds. The second-order valence-corrected chi connectivity index (χ2v) is 7.87. The van der Waals surface area contributed by atoms with Crippen molar-refractivity contribution in [2.45, 2.75) is 45.2 Å². The maximum atomic E-state index is 11.8. The zero-order valence-electron chi connectivity index (χ0n) is 17.7. The predicted octanol–water partition coefficient (Wildman–Crippen LogP) is 3.82. The highest BCUT2D eigenvalue weighted by atomic mass is 35.5. The van der Waals surface area contributed by atoms with E-state index in [9.17, 15) is 9.59 Å². The normalized spacial score (nSPS) is 17.6. The quantitative estimate of drug-likeness (QED) is 0.687. The highest BCUT2D eigenvalue weighted by Gasteiger charge is 2.31. The lowest BCUT2D eigenvalue weighted by Gasteiger charge is -2.41. The summed E-state index contributed by atoms with van der Waals surface area (Å²) in [5, 5.41) is 11.1. The average molecular weight is 443 g/mol. The van der Waals surface area contributed by atoms with Gasteiger partial charge in [-0.2, -0.15) is 0 Å². The van der Waals surface area contributed by atoms with Crippen molar-refractivity contribution in [1.82, 2.24) is 10.2 Å². The molecule has 0 bridgehead atoms. The van der Waals surface area contributed by atoms with E-state index in [0.717, 1.165) is 37.3 Å². The van der Waals surface area contributed by atoms with Crippen molar-refractivity contribution in [3.63, 3.8) is 0 Å². The number of hydrogen-bond donors (Lipinski definition) is 2. The lowest BCUT2D eigenvalue weighted by Crippen LogP contribution is -2.49. The summed E-state index contributed by atoms with van der Waals surface area (Å²) in [6, 6.07) is 17.6. The van der Waals surface area contributed by atoms with E-state index in [0.29, 0.717) is 17.3 Å². The molecule has 1 saturated heterocycles. The van der Waals surface area contributed by atoms with Crippen LogP contribution in [0.15, 0.2) is 54.6 Å². The van der Waals surface area contributed by atoms with Crippen molar-refractivity contribution in [1.29, 1.82) is 0 Å². The summed E-state index contributed by atoms with van der Waals surface area (Å²) in [4.78, 5) is 34.5. The molecule has 2 unspecified atom stereocenters. The van der Waals surface area contributed by atoms with Crippen LogP contribution in [0.25, 0.3) is 5.70 Å². The Morgan fingerprint density at radius 2 is 1.74 bits per heavy atom. The van der Waals surface area contributed by atoms with Gasteiger partial charge in [0.15, 0.2) is 5.94 Å². The van der Waals surface area contributed by atoms with Crippen LogP contribution in [0.2, 0.25) is 5.02 Å². The first kappa shape index (κ1) is 24.2. The van der Waals surface area contributed by atoms with E-state index in [1.165, 1.54) is 0 Å². The molecule has 0 spiro atoms. The number of carboxylic acids is 1. The van der Waals surface area contributed by atoms with E-state index in [1.54, 1.807) is 6.92 Å². The van der Waals surface area contributed by atoms with Crippen molar-refractivity contribution >= 4 is 35.1 Å². The predicted molar refractivity (Wildman–Crippen MR) is 121 cm³/mol. The fourth-order valence-electron chi connectivity index (χ4n) is 3.73. The first-order valence-electron chi connectivity index (χ1n) is 10.1. The van der Waals surface area contributed by atoms with Crippen molar-refractivity contribution in [3.05, 3.63) is 70.7 Å². The van der Waals surface area contributed by atoms with Gasteiger partial charge >= 0.3 is 0 Å². The summed E-state index contributed by atoms with van der Waals surface area (Å²) in [7, 11) is 0. The molecule has 0 saturated carbocycles. The number of carbonyl (C=O) groups excluding carboxylic acids is 2. The Morgan fingerprint density at radius 3 is 2.29 bits per heavy atom. The Morgan fingerprint density at radius 1 is 1.13 bits per heavy atom. The molecule has 1 aliphatic heterocycles. The van der Waals surface area contributed by atoms with Gasteiger partial charge in [-0.25, -0.2) is 4.79 Å². The van der Waals surface area contributed by atoms with Crippen LogP contribution in [0.1, 0.15) is 37.8 Å². The zero-order valence-corrected chi connectivity index (χ0v) is 18.4. The first-order valence-corrected chi connectivity index (χ1v) is 10.5. The van der Waals surface area contributed by atoms with E-state index in [2.05, 4.69) is 16.2 Å². The largest absolute Gasteiger partial charge is 0.481 e. The molecule has 31 heavy (non-hydrogen) atoms. The minimum atomic E-state index is -0.833. The smallest absolute Gasteiger partial charge is 0.300 e. The summed E-state index contributed by atoms with van der Waals surface area (Å²) in [6.45, 7) is 3.32. The topological polar surface area (TPSA) is 86.7 Å². The summed E-state index contributed by atoms with van der Waals surface area (Å²) in [6.07, 6.45) is 2.35. The van der Waals surface area contributed by atoms with Gasteiger partial charge in [-0.05, 0) is 37.0 Å². The zero-order chi connectivity index (χ0) is 22.8. The Bertz CT molecular complexity index is 920. The molecule has 164 valence electrons. The minimum Gasteiger partial charge on any atom is -0.481 e. The maximum Gasteiger partial charge on any atom is 0.300 e. The molecule has 2 aromatic carbocycles. The molecule has 1 fully saturated rings. The minimum absolute atomic E-state index is 0.0205. The fourth-order valence-corrected chi connectivity index (χ4v) is 3.86. The summed E-state index contributed by atoms with van der Waals surface area (Å²) < 4.78 is 0. The van der Waals surface area contributed by atoms with Gasteiger partial charge < -0.3 is 15.3 Å². The molecule has 2 aromatic rings. The molecular formula is C24H27ClN2O4. The SMILES string of the molecule is CC(=O)NC1CCN(C(=C=O)c2ccccc2)C(Cc2ccc(Cl)cc2)C1.CC(=O)O. The molecule has 2 N–H and O–H groups in total. The molecule has 1 heterocycles. The highest BCUT2D eigenvalue weighted by Crippen LogP contribution is 2.29. The average Bonchev–Trinajstić information content (AvgIpc) is 2.72. The molecule has 2 atom stereocenters. The monoisotopic (exact) mass is 442 g/mol. The lowest BCUT2D eigenvalue weighted by atomic mass is 9.91. The number of nitrogens with zero attached hydrogens (tertiary/aromatic N) is 1. The van der Waals surface area contributed by atoms with E-state index < -0.39 is 5.97 Å². The van der Waals surface area contributed by atoms with Crippen molar-refractivity contribution in [2.24, 2.45) is 0 Å². The van der Waals surface area contributed by atoms with Crippen LogP contribution in [0, 0.1) is 0 Å². The number of halogens is 1. The summed E-state index contributed by atoms with van der Waals surface area (Å²) >= 11 is 6.00. The molecule has 6 nitrogen and oxygen atoms in total. The number of amides is 1. The summed E-state index contributed by atoms with van der Waals surface area (Å²) in [5.41, 5.74) is 2.60. The van der Waals surface area contributed by atoms with Gasteiger partial charge in [0.2, 0.25) is 5.91 Å². The molecular weight excluding hydrogens is 416 g/mol. The van der Waals surface area contributed by atoms with Gasteiger partial charge in [0, 0.05) is 43.1 Å². The number of piperidine rings is 1. The fraction of sp³-hybridized carbons (Fsp3) is 0.333. The van der Waals surface area contributed by atoms with Crippen LogP contribution >= 0.6 is 11.6 Å². The van der Waals surface area contributed by atoms with Crippen LogP contribution in [-0.2, 0) is 20.8 Å². The van der Waals surface area contributed by atoms with Gasteiger partial charge in [-0.1, -0.05) is 54.1 Å². The van der Waals surface area contributed by atoms with Crippen LogP contribution in [0.4, 0.5) is 0 Å². The molecule has 7 heteroatoms. The lowest BCUT2D eigenvalue weighted by molar-refractivity contribution is -0.134. The van der Waals surface area contributed by atoms with Crippen LogP contribution in [-0.4, -0.2) is 46.5 Å². The summed E-state index contributed by atoms with van der Waals surface area (Å²) in [5.74, 6) is 1.30. The second-order valence-electron chi connectivity index (χ2n) is 7.44. The molecule has 0 radical (unpaired) electrons. The van der Waals surface area contributed by atoms with E-state index >= 15 is 0 Å². The van der Waals surface area contributed by atoms with Crippen LogP contribution in [0.5, 0.6) is 0 Å². The second kappa shape index (κ2) is 11.9. The molecule has 1 aliphatic rings. The Balaban J connectivity index is 0.000000785. The van der Waals surface area contributed by atoms with Gasteiger partial charge in [0.1, 0.15) is 5.70 Å². The number of likely N-dealkylation sites (tertiary alicyclic amines) is 1. The van der Waals surface area contributed by atoms with E-state index in [-0.39, 0.29) is 18.0 Å². The number of nitrogens with one attached hydrogen (secondary N) is 1. The third-order valence-electron chi connectivity index (χ3n) is 4.94. The number of hydrogen-bond acceptors (Lipinski definition) is 4.